The topological polar surface area (TPSA) is 72.7 Å². The molecule has 0 spiro atoms. The highest BCUT2D eigenvalue weighted by Gasteiger charge is 2.29. The lowest BCUT2D eigenvalue weighted by molar-refractivity contribution is -0.385. The number of amides is 1. The zero-order valence-electron chi connectivity index (χ0n) is 13.6. The zero-order chi connectivity index (χ0) is 17.3. The highest BCUT2D eigenvalue weighted by atomic mass is 16.6. The number of nitro groups is 1. The summed E-state index contributed by atoms with van der Waals surface area (Å²) in [6.45, 7) is 0. The average Bonchev–Trinajstić information content (AvgIpc) is 3.03. The maximum absolute atomic E-state index is 12.8. The Hall–Kier alpha value is -2.89. The smallest absolute Gasteiger partial charge is 0.311 e. The first-order chi connectivity index (χ1) is 11.5. The molecular weight excluding hydrogens is 308 g/mol. The van der Waals surface area contributed by atoms with Crippen molar-refractivity contribution in [2.75, 3.05) is 14.2 Å². The largest absolute Gasteiger partial charge is 0.490 e. The monoisotopic (exact) mass is 326 g/mol. The van der Waals surface area contributed by atoms with Crippen molar-refractivity contribution in [1.29, 1.82) is 0 Å². The first kappa shape index (κ1) is 16.0. The van der Waals surface area contributed by atoms with Crippen LogP contribution in [0.2, 0.25) is 0 Å². The van der Waals surface area contributed by atoms with Crippen LogP contribution in [0, 0.1) is 10.1 Å². The Morgan fingerprint density at radius 1 is 1.29 bits per heavy atom. The van der Waals surface area contributed by atoms with Gasteiger partial charge < -0.3 is 9.64 Å². The van der Waals surface area contributed by atoms with Crippen molar-refractivity contribution in [3.63, 3.8) is 0 Å². The summed E-state index contributed by atoms with van der Waals surface area (Å²) in [7, 11) is 3.11. The third-order valence-electron chi connectivity index (χ3n) is 4.51. The van der Waals surface area contributed by atoms with Crippen LogP contribution in [-0.2, 0) is 6.42 Å². The number of methoxy groups -OCH3 is 1. The number of carbonyl (C=O) groups is 1. The number of carbonyl (C=O) groups excluding carboxylic acids is 1. The van der Waals surface area contributed by atoms with Crippen LogP contribution in [0.5, 0.6) is 5.75 Å². The van der Waals surface area contributed by atoms with Gasteiger partial charge in [0.25, 0.3) is 5.91 Å². The highest BCUT2D eigenvalue weighted by molar-refractivity contribution is 5.95. The Labute approximate surface area is 139 Å². The molecule has 0 bridgehead atoms. The molecule has 1 aliphatic rings. The molecule has 1 amide bonds. The van der Waals surface area contributed by atoms with Gasteiger partial charge in [0.2, 0.25) is 0 Å². The molecular formula is C18H18N2O4. The van der Waals surface area contributed by atoms with E-state index in [-0.39, 0.29) is 28.9 Å². The molecule has 1 aliphatic carbocycles. The SMILES string of the molecule is COc1ccc(C(=O)N(C)[C@@H]2CCc3ccccc32)cc1[N+](=O)[O-]. The molecule has 0 aromatic heterocycles. The van der Waals surface area contributed by atoms with E-state index < -0.39 is 4.92 Å². The Kier molecular flexibility index (Phi) is 4.20. The minimum atomic E-state index is -0.541. The molecule has 2 aromatic carbocycles. The summed E-state index contributed by atoms with van der Waals surface area (Å²) in [5.41, 5.74) is 2.48. The van der Waals surface area contributed by atoms with Gasteiger partial charge in [-0.05, 0) is 36.1 Å². The van der Waals surface area contributed by atoms with Gasteiger partial charge in [-0.3, -0.25) is 14.9 Å². The lowest BCUT2D eigenvalue weighted by Gasteiger charge is -2.25. The van der Waals surface area contributed by atoms with Crippen LogP contribution in [0.15, 0.2) is 42.5 Å². The van der Waals surface area contributed by atoms with E-state index in [1.54, 1.807) is 18.0 Å². The van der Waals surface area contributed by atoms with Crippen LogP contribution < -0.4 is 4.74 Å². The van der Waals surface area contributed by atoms with Crippen LogP contribution in [0.1, 0.15) is 33.9 Å². The number of rotatable bonds is 4. The fraction of sp³-hybridized carbons (Fsp3) is 0.278. The fourth-order valence-electron chi connectivity index (χ4n) is 3.25. The van der Waals surface area contributed by atoms with Crippen LogP contribution >= 0.6 is 0 Å². The molecule has 3 rings (SSSR count). The first-order valence-corrected chi connectivity index (χ1v) is 7.70. The molecule has 0 heterocycles. The molecule has 6 nitrogen and oxygen atoms in total. The van der Waals surface area contributed by atoms with E-state index in [2.05, 4.69) is 6.07 Å². The van der Waals surface area contributed by atoms with Crippen molar-refractivity contribution in [1.82, 2.24) is 4.90 Å². The van der Waals surface area contributed by atoms with Crippen molar-refractivity contribution in [3.05, 3.63) is 69.3 Å². The molecule has 0 N–H and O–H groups in total. The molecule has 0 saturated carbocycles. The number of ether oxygens (including phenoxy) is 1. The summed E-state index contributed by atoms with van der Waals surface area (Å²) >= 11 is 0. The number of benzene rings is 2. The number of hydrogen-bond donors (Lipinski definition) is 0. The second kappa shape index (κ2) is 6.31. The summed E-state index contributed by atoms with van der Waals surface area (Å²) < 4.78 is 4.98. The lowest BCUT2D eigenvalue weighted by Crippen LogP contribution is -2.30. The Bertz CT molecular complexity index is 803. The van der Waals surface area contributed by atoms with Crippen LogP contribution in [0.3, 0.4) is 0 Å². The number of hydrogen-bond acceptors (Lipinski definition) is 4. The van der Waals surface area contributed by atoms with Gasteiger partial charge in [0.05, 0.1) is 18.1 Å². The fourth-order valence-corrected chi connectivity index (χ4v) is 3.25. The second-order valence-corrected chi connectivity index (χ2v) is 5.81. The van der Waals surface area contributed by atoms with Crippen LogP contribution in [0.4, 0.5) is 5.69 Å². The quantitative estimate of drug-likeness (QED) is 0.638. The van der Waals surface area contributed by atoms with Gasteiger partial charge in [0.15, 0.2) is 5.75 Å². The van der Waals surface area contributed by atoms with Crippen molar-refractivity contribution in [2.45, 2.75) is 18.9 Å². The van der Waals surface area contributed by atoms with Gasteiger partial charge in [-0.15, -0.1) is 0 Å². The van der Waals surface area contributed by atoms with Gasteiger partial charge in [-0.2, -0.15) is 0 Å². The Morgan fingerprint density at radius 3 is 2.75 bits per heavy atom. The summed E-state index contributed by atoms with van der Waals surface area (Å²) in [6.07, 6.45) is 1.79. The van der Waals surface area contributed by atoms with Gasteiger partial charge in [0.1, 0.15) is 0 Å². The predicted molar refractivity (Wildman–Crippen MR) is 89.2 cm³/mol. The third-order valence-corrected chi connectivity index (χ3v) is 4.51. The average molecular weight is 326 g/mol. The maximum atomic E-state index is 12.8. The first-order valence-electron chi connectivity index (χ1n) is 7.70. The minimum Gasteiger partial charge on any atom is -0.490 e. The van der Waals surface area contributed by atoms with Crippen LogP contribution in [-0.4, -0.2) is 29.9 Å². The zero-order valence-corrected chi connectivity index (χ0v) is 13.6. The number of nitro benzene ring substituents is 1. The molecule has 24 heavy (non-hydrogen) atoms. The molecule has 6 heteroatoms. The van der Waals surface area contributed by atoms with E-state index in [4.69, 9.17) is 4.74 Å². The normalized spacial score (nSPS) is 15.7. The summed E-state index contributed by atoms with van der Waals surface area (Å²) in [4.78, 5) is 25.0. The maximum Gasteiger partial charge on any atom is 0.311 e. The summed E-state index contributed by atoms with van der Waals surface area (Å²) in [5, 5.41) is 11.1. The van der Waals surface area contributed by atoms with Gasteiger partial charge >= 0.3 is 5.69 Å². The number of aryl methyl sites for hydroxylation is 1. The summed E-state index contributed by atoms with van der Waals surface area (Å²) in [5.74, 6) is -0.0899. The number of fused-ring (bicyclic) bond motifs is 1. The number of nitrogens with zero attached hydrogens (tertiary/aromatic N) is 2. The second-order valence-electron chi connectivity index (χ2n) is 5.81. The van der Waals surface area contributed by atoms with Crippen molar-refractivity contribution in [2.24, 2.45) is 0 Å². The van der Waals surface area contributed by atoms with E-state index >= 15 is 0 Å². The van der Waals surface area contributed by atoms with Gasteiger partial charge in [-0.1, -0.05) is 24.3 Å². The molecule has 124 valence electrons. The van der Waals surface area contributed by atoms with Gasteiger partial charge in [-0.25, -0.2) is 0 Å². The third kappa shape index (κ3) is 2.71. The van der Waals surface area contributed by atoms with Crippen molar-refractivity contribution in [3.8, 4) is 5.75 Å². The molecule has 0 fully saturated rings. The predicted octanol–water partition coefficient (Wildman–Crippen LogP) is 3.36. The van der Waals surface area contributed by atoms with E-state index in [0.717, 1.165) is 18.4 Å². The van der Waals surface area contributed by atoms with Crippen LogP contribution in [0.25, 0.3) is 0 Å². The minimum absolute atomic E-state index is 0.00476. The molecule has 0 radical (unpaired) electrons. The Morgan fingerprint density at radius 2 is 2.04 bits per heavy atom. The van der Waals surface area contributed by atoms with E-state index in [9.17, 15) is 14.9 Å². The van der Waals surface area contributed by atoms with Crippen molar-refractivity contribution < 1.29 is 14.5 Å². The standard InChI is InChI=1S/C18H18N2O4/c1-19(15-9-7-12-5-3-4-6-14(12)15)18(21)13-8-10-17(24-2)16(11-13)20(22)23/h3-6,8,10-11,15H,7,9H2,1-2H3/t15-/m1/s1. The molecule has 0 aliphatic heterocycles. The van der Waals surface area contributed by atoms with E-state index in [1.807, 2.05) is 18.2 Å². The molecule has 2 aromatic rings. The summed E-state index contributed by atoms with van der Waals surface area (Å²) in [6, 6.07) is 12.4. The highest BCUT2D eigenvalue weighted by Crippen LogP contribution is 2.36. The lowest BCUT2D eigenvalue weighted by atomic mass is 10.1. The molecule has 0 unspecified atom stereocenters. The van der Waals surface area contributed by atoms with E-state index in [0.29, 0.717) is 0 Å². The molecule has 0 saturated heterocycles. The van der Waals surface area contributed by atoms with Crippen molar-refractivity contribution >= 4 is 11.6 Å². The van der Waals surface area contributed by atoms with E-state index in [1.165, 1.54) is 24.8 Å². The van der Waals surface area contributed by atoms with Gasteiger partial charge in [0, 0.05) is 18.7 Å². The Balaban J connectivity index is 1.90. The molecule has 1 atom stereocenters.